The summed E-state index contributed by atoms with van der Waals surface area (Å²) in [5.74, 6) is 0.0474. The van der Waals surface area contributed by atoms with E-state index in [0.717, 1.165) is 16.8 Å². The Morgan fingerprint density at radius 3 is 2.18 bits per heavy atom. The van der Waals surface area contributed by atoms with E-state index < -0.39 is 0 Å². The van der Waals surface area contributed by atoms with Crippen molar-refractivity contribution >= 4 is 17.5 Å². The fourth-order valence-electron chi connectivity index (χ4n) is 3.70. The summed E-state index contributed by atoms with van der Waals surface area (Å²) in [6.45, 7) is 9.68. The molecule has 0 atom stereocenters. The molecule has 1 fully saturated rings. The highest BCUT2D eigenvalue weighted by atomic mass is 16.2. The molecule has 4 nitrogen and oxygen atoms in total. The molecule has 0 radical (unpaired) electrons. The van der Waals surface area contributed by atoms with Crippen LogP contribution in [0.25, 0.3) is 0 Å². The summed E-state index contributed by atoms with van der Waals surface area (Å²) in [5, 5.41) is 3.13. The van der Waals surface area contributed by atoms with E-state index in [1.165, 1.54) is 0 Å². The van der Waals surface area contributed by atoms with Gasteiger partial charge in [-0.2, -0.15) is 0 Å². The number of carbonyl (C=O) groups is 2. The van der Waals surface area contributed by atoms with Gasteiger partial charge in [0.1, 0.15) is 0 Å². The summed E-state index contributed by atoms with van der Waals surface area (Å²) in [6, 6.07) is 15.7. The maximum absolute atomic E-state index is 12.8. The van der Waals surface area contributed by atoms with Crippen LogP contribution in [0.2, 0.25) is 0 Å². The first-order chi connectivity index (χ1) is 13.3. The molecule has 1 N–H and O–H groups in total. The fourth-order valence-corrected chi connectivity index (χ4v) is 3.70. The van der Waals surface area contributed by atoms with E-state index in [9.17, 15) is 9.59 Å². The lowest BCUT2D eigenvalue weighted by atomic mass is 9.85. The molecule has 148 valence electrons. The number of benzene rings is 2. The Balaban J connectivity index is 1.60. The zero-order chi connectivity index (χ0) is 20.3. The van der Waals surface area contributed by atoms with Crippen LogP contribution in [0.3, 0.4) is 0 Å². The number of para-hydroxylation sites is 1. The Kier molecular flexibility index (Phi) is 5.87. The first kappa shape index (κ1) is 20.1. The maximum atomic E-state index is 12.8. The molecule has 3 rings (SSSR count). The van der Waals surface area contributed by atoms with Crippen LogP contribution in [0, 0.1) is 12.8 Å². The van der Waals surface area contributed by atoms with Crippen LogP contribution in [0.4, 0.5) is 5.69 Å². The number of piperidine rings is 1. The zero-order valence-corrected chi connectivity index (χ0v) is 17.3. The van der Waals surface area contributed by atoms with Crippen LogP contribution in [0.5, 0.6) is 0 Å². The van der Waals surface area contributed by atoms with Gasteiger partial charge in [0.05, 0.1) is 0 Å². The molecule has 1 saturated heterocycles. The molecule has 0 aliphatic carbocycles. The van der Waals surface area contributed by atoms with Crippen molar-refractivity contribution in [1.29, 1.82) is 0 Å². The number of anilines is 1. The third kappa shape index (κ3) is 4.61. The average molecular weight is 379 g/mol. The van der Waals surface area contributed by atoms with Crippen LogP contribution in [-0.2, 0) is 10.2 Å². The van der Waals surface area contributed by atoms with Gasteiger partial charge >= 0.3 is 0 Å². The Morgan fingerprint density at radius 2 is 1.57 bits per heavy atom. The quantitative estimate of drug-likeness (QED) is 0.835. The number of hydrogen-bond acceptors (Lipinski definition) is 2. The molecule has 0 spiro atoms. The summed E-state index contributed by atoms with van der Waals surface area (Å²) >= 11 is 0. The molecule has 0 unspecified atom stereocenters. The number of hydrogen-bond donors (Lipinski definition) is 1. The second kappa shape index (κ2) is 8.17. The van der Waals surface area contributed by atoms with Gasteiger partial charge < -0.3 is 10.2 Å². The normalized spacial score (nSPS) is 15.4. The second-order valence-corrected chi connectivity index (χ2v) is 8.72. The smallest absolute Gasteiger partial charge is 0.253 e. The third-order valence-electron chi connectivity index (χ3n) is 5.44. The maximum Gasteiger partial charge on any atom is 0.253 e. The molecule has 0 saturated carbocycles. The lowest BCUT2D eigenvalue weighted by molar-refractivity contribution is -0.121. The first-order valence-corrected chi connectivity index (χ1v) is 10.0. The summed E-state index contributed by atoms with van der Waals surface area (Å²) in [7, 11) is 0. The minimum absolute atomic E-state index is 0.0340. The third-order valence-corrected chi connectivity index (χ3v) is 5.44. The SMILES string of the molecule is Cc1ccc(C(=O)N2CCC(C(=O)Nc3ccccc3C(C)(C)C)CC2)cc1. The van der Waals surface area contributed by atoms with Gasteiger partial charge in [-0.15, -0.1) is 0 Å². The number of nitrogens with zero attached hydrogens (tertiary/aromatic N) is 1. The topological polar surface area (TPSA) is 49.4 Å². The molecule has 2 amide bonds. The van der Waals surface area contributed by atoms with Crippen LogP contribution < -0.4 is 5.32 Å². The number of rotatable bonds is 3. The first-order valence-electron chi connectivity index (χ1n) is 10.0. The van der Waals surface area contributed by atoms with Gasteiger partial charge in [-0.1, -0.05) is 56.7 Å². The minimum atomic E-state index is -0.0601. The standard InChI is InChI=1S/C24H30N2O2/c1-17-9-11-19(12-10-17)23(28)26-15-13-18(14-16-26)22(27)25-21-8-6-5-7-20(21)24(2,3)4/h5-12,18H,13-16H2,1-4H3,(H,25,27). The van der Waals surface area contributed by atoms with E-state index >= 15 is 0 Å². The van der Waals surface area contributed by atoms with E-state index in [1.54, 1.807) is 0 Å². The highest BCUT2D eigenvalue weighted by Crippen LogP contribution is 2.30. The van der Waals surface area contributed by atoms with Crippen molar-refractivity contribution in [2.45, 2.75) is 46.0 Å². The van der Waals surface area contributed by atoms with Gasteiger partial charge in [0, 0.05) is 30.3 Å². The van der Waals surface area contributed by atoms with Gasteiger partial charge in [0.15, 0.2) is 0 Å². The summed E-state index contributed by atoms with van der Waals surface area (Å²) < 4.78 is 0. The van der Waals surface area contributed by atoms with E-state index in [1.807, 2.05) is 54.3 Å². The highest BCUT2D eigenvalue weighted by molar-refractivity contribution is 5.95. The monoisotopic (exact) mass is 378 g/mol. The van der Waals surface area contributed by atoms with E-state index in [-0.39, 0.29) is 23.1 Å². The molecule has 4 heteroatoms. The Morgan fingerprint density at radius 1 is 0.964 bits per heavy atom. The summed E-state index contributed by atoms with van der Waals surface area (Å²) in [4.78, 5) is 27.3. The van der Waals surface area contributed by atoms with Gasteiger partial charge in [0.2, 0.25) is 5.91 Å². The molecule has 2 aromatic rings. The van der Waals surface area contributed by atoms with E-state index in [4.69, 9.17) is 0 Å². The van der Waals surface area contributed by atoms with Gasteiger partial charge in [-0.25, -0.2) is 0 Å². The van der Waals surface area contributed by atoms with E-state index in [2.05, 4.69) is 32.2 Å². The number of likely N-dealkylation sites (tertiary alicyclic amines) is 1. The predicted molar refractivity (Wildman–Crippen MR) is 114 cm³/mol. The van der Waals surface area contributed by atoms with Crippen LogP contribution in [-0.4, -0.2) is 29.8 Å². The lowest BCUT2D eigenvalue weighted by Crippen LogP contribution is -2.41. The van der Waals surface area contributed by atoms with Crippen molar-refractivity contribution in [3.8, 4) is 0 Å². The molecular weight excluding hydrogens is 348 g/mol. The van der Waals surface area contributed by atoms with Crippen molar-refractivity contribution in [3.63, 3.8) is 0 Å². The Hall–Kier alpha value is -2.62. The summed E-state index contributed by atoms with van der Waals surface area (Å²) in [5.41, 5.74) is 3.84. The van der Waals surface area contributed by atoms with Crippen molar-refractivity contribution in [2.75, 3.05) is 18.4 Å². The number of carbonyl (C=O) groups excluding carboxylic acids is 2. The summed E-state index contributed by atoms with van der Waals surface area (Å²) in [6.07, 6.45) is 1.39. The van der Waals surface area contributed by atoms with Crippen molar-refractivity contribution in [1.82, 2.24) is 4.90 Å². The van der Waals surface area contributed by atoms with Crippen LogP contribution in [0.1, 0.15) is 55.1 Å². The lowest BCUT2D eigenvalue weighted by Gasteiger charge is -2.32. The van der Waals surface area contributed by atoms with Crippen molar-refractivity contribution in [3.05, 3.63) is 65.2 Å². The molecule has 1 aliphatic rings. The zero-order valence-electron chi connectivity index (χ0n) is 17.3. The average Bonchev–Trinajstić information content (AvgIpc) is 2.68. The number of amides is 2. The highest BCUT2D eigenvalue weighted by Gasteiger charge is 2.28. The fraction of sp³-hybridized carbons (Fsp3) is 0.417. The number of nitrogens with one attached hydrogen (secondary N) is 1. The molecule has 0 bridgehead atoms. The predicted octanol–water partition coefficient (Wildman–Crippen LogP) is 4.78. The van der Waals surface area contributed by atoms with Gasteiger partial charge in [-0.3, -0.25) is 9.59 Å². The largest absolute Gasteiger partial charge is 0.339 e. The van der Waals surface area contributed by atoms with Gasteiger partial charge in [0.25, 0.3) is 5.91 Å². The molecule has 1 aliphatic heterocycles. The Labute approximate surface area is 167 Å². The van der Waals surface area contributed by atoms with Crippen molar-refractivity contribution < 1.29 is 9.59 Å². The molecular formula is C24H30N2O2. The van der Waals surface area contributed by atoms with Crippen LogP contribution in [0.15, 0.2) is 48.5 Å². The minimum Gasteiger partial charge on any atom is -0.339 e. The second-order valence-electron chi connectivity index (χ2n) is 8.72. The molecule has 0 aromatic heterocycles. The Bertz CT molecular complexity index is 842. The van der Waals surface area contributed by atoms with Crippen molar-refractivity contribution in [2.24, 2.45) is 5.92 Å². The molecule has 2 aromatic carbocycles. The molecule has 1 heterocycles. The van der Waals surface area contributed by atoms with Crippen LogP contribution >= 0.6 is 0 Å². The van der Waals surface area contributed by atoms with Gasteiger partial charge in [-0.05, 0) is 48.9 Å². The molecule has 28 heavy (non-hydrogen) atoms. The van der Waals surface area contributed by atoms with E-state index in [0.29, 0.717) is 31.5 Å². The number of aryl methyl sites for hydroxylation is 1.